The number of fused-ring (bicyclic) bond motifs is 1. The molecule has 0 aliphatic carbocycles. The topological polar surface area (TPSA) is 74.7 Å². The number of hydrogen-bond acceptors (Lipinski definition) is 5. The highest BCUT2D eigenvalue weighted by Gasteiger charge is 2.13. The highest BCUT2D eigenvalue weighted by molar-refractivity contribution is 5.86. The molecular formula is C22H25NO4. The van der Waals surface area contributed by atoms with Crippen LogP contribution in [0.4, 0.5) is 0 Å². The number of hydrogen-bond donors (Lipinski definition) is 1. The molecule has 0 atom stereocenters. The van der Waals surface area contributed by atoms with Gasteiger partial charge in [0.15, 0.2) is 5.43 Å². The van der Waals surface area contributed by atoms with E-state index in [0.717, 1.165) is 37.8 Å². The van der Waals surface area contributed by atoms with E-state index in [-0.39, 0.29) is 5.43 Å². The van der Waals surface area contributed by atoms with Crippen LogP contribution in [0.1, 0.15) is 24.8 Å². The van der Waals surface area contributed by atoms with E-state index in [1.807, 2.05) is 12.1 Å². The fourth-order valence-corrected chi connectivity index (χ4v) is 3.14. The number of ether oxygens (including phenoxy) is 2. The Morgan fingerprint density at radius 3 is 2.41 bits per heavy atom. The number of benzene rings is 2. The maximum atomic E-state index is 12.6. The van der Waals surface area contributed by atoms with Crippen molar-refractivity contribution < 1.29 is 13.9 Å². The van der Waals surface area contributed by atoms with Gasteiger partial charge in [-0.25, -0.2) is 0 Å². The van der Waals surface area contributed by atoms with Crippen molar-refractivity contribution in [3.8, 4) is 22.8 Å². The van der Waals surface area contributed by atoms with Gasteiger partial charge in [0.1, 0.15) is 28.2 Å². The van der Waals surface area contributed by atoms with Crippen molar-refractivity contribution in [3.63, 3.8) is 0 Å². The van der Waals surface area contributed by atoms with E-state index in [2.05, 4.69) is 12.1 Å². The summed E-state index contributed by atoms with van der Waals surface area (Å²) in [4.78, 5) is 12.6. The summed E-state index contributed by atoms with van der Waals surface area (Å²) >= 11 is 0. The maximum absolute atomic E-state index is 12.6. The zero-order valence-corrected chi connectivity index (χ0v) is 15.8. The van der Waals surface area contributed by atoms with Crippen molar-refractivity contribution >= 4 is 11.0 Å². The second-order valence-corrected chi connectivity index (χ2v) is 6.47. The standard InChI is InChI=1S/C22H25NO4/c1-25-17-12-20(26-2)22-18(24)14-19(27-21(22)13-17)16-9-7-15(8-10-16)6-4-3-5-11-23/h7-10,12-14H,3-6,11,23H2,1-2H3. The molecule has 0 aliphatic rings. The predicted octanol–water partition coefficient (Wildman–Crippen LogP) is 4.15. The Hall–Kier alpha value is -2.79. The van der Waals surface area contributed by atoms with Crippen molar-refractivity contribution in [1.82, 2.24) is 0 Å². The third-order valence-electron chi connectivity index (χ3n) is 4.63. The first-order valence-corrected chi connectivity index (χ1v) is 9.15. The van der Waals surface area contributed by atoms with Crippen molar-refractivity contribution in [2.45, 2.75) is 25.7 Å². The van der Waals surface area contributed by atoms with Crippen LogP contribution in [-0.4, -0.2) is 20.8 Å². The molecule has 0 unspecified atom stereocenters. The molecule has 1 aromatic heterocycles. The summed E-state index contributed by atoms with van der Waals surface area (Å²) in [6, 6.07) is 13.0. The molecule has 0 radical (unpaired) electrons. The SMILES string of the molecule is COc1cc(OC)c2c(=O)cc(-c3ccc(CCCCCN)cc3)oc2c1. The Kier molecular flexibility index (Phi) is 6.14. The quantitative estimate of drug-likeness (QED) is 0.606. The monoisotopic (exact) mass is 367 g/mol. The van der Waals surface area contributed by atoms with E-state index in [0.29, 0.717) is 28.2 Å². The van der Waals surface area contributed by atoms with Gasteiger partial charge >= 0.3 is 0 Å². The molecule has 27 heavy (non-hydrogen) atoms. The van der Waals surface area contributed by atoms with Crippen LogP contribution < -0.4 is 20.6 Å². The van der Waals surface area contributed by atoms with Crippen molar-refractivity contribution in [2.75, 3.05) is 20.8 Å². The minimum absolute atomic E-state index is 0.142. The molecule has 5 nitrogen and oxygen atoms in total. The molecule has 0 amide bonds. The van der Waals surface area contributed by atoms with Crippen LogP contribution in [0.5, 0.6) is 11.5 Å². The molecule has 142 valence electrons. The normalized spacial score (nSPS) is 10.9. The van der Waals surface area contributed by atoms with E-state index < -0.39 is 0 Å². The van der Waals surface area contributed by atoms with Crippen molar-refractivity contribution in [1.29, 1.82) is 0 Å². The number of unbranched alkanes of at least 4 members (excludes halogenated alkanes) is 2. The van der Waals surface area contributed by atoms with Gasteiger partial charge in [-0.15, -0.1) is 0 Å². The molecular weight excluding hydrogens is 342 g/mol. The lowest BCUT2D eigenvalue weighted by Gasteiger charge is -2.09. The third kappa shape index (κ3) is 4.31. The fourth-order valence-electron chi connectivity index (χ4n) is 3.14. The van der Waals surface area contributed by atoms with E-state index in [1.54, 1.807) is 19.2 Å². The summed E-state index contributed by atoms with van der Waals surface area (Å²) < 4.78 is 16.6. The van der Waals surface area contributed by atoms with Crippen LogP contribution in [0.25, 0.3) is 22.3 Å². The van der Waals surface area contributed by atoms with Crippen LogP contribution in [0.3, 0.4) is 0 Å². The van der Waals surface area contributed by atoms with Crippen LogP contribution in [0, 0.1) is 0 Å². The zero-order chi connectivity index (χ0) is 19.2. The van der Waals surface area contributed by atoms with Gasteiger partial charge in [0.2, 0.25) is 0 Å². The number of aryl methyl sites for hydroxylation is 1. The Labute approximate surface area is 158 Å². The molecule has 0 bridgehead atoms. The molecule has 0 spiro atoms. The van der Waals surface area contributed by atoms with Gasteiger partial charge in [-0.1, -0.05) is 30.7 Å². The summed E-state index contributed by atoms with van der Waals surface area (Å²) in [6.45, 7) is 0.746. The lowest BCUT2D eigenvalue weighted by Crippen LogP contribution is -2.03. The Bertz CT molecular complexity index is 960. The first kappa shape index (κ1) is 19.0. The lowest BCUT2D eigenvalue weighted by molar-refractivity contribution is 0.396. The molecule has 3 aromatic rings. The maximum Gasteiger partial charge on any atom is 0.197 e. The van der Waals surface area contributed by atoms with Crippen LogP contribution in [0.15, 0.2) is 51.7 Å². The van der Waals surface area contributed by atoms with Gasteiger partial charge in [-0.2, -0.15) is 0 Å². The van der Waals surface area contributed by atoms with E-state index in [4.69, 9.17) is 19.6 Å². The Morgan fingerprint density at radius 2 is 1.74 bits per heavy atom. The van der Waals surface area contributed by atoms with Crippen molar-refractivity contribution in [2.24, 2.45) is 5.73 Å². The highest BCUT2D eigenvalue weighted by Crippen LogP contribution is 2.31. The smallest absolute Gasteiger partial charge is 0.197 e. The largest absolute Gasteiger partial charge is 0.496 e. The van der Waals surface area contributed by atoms with Gasteiger partial charge in [0, 0.05) is 23.8 Å². The second-order valence-electron chi connectivity index (χ2n) is 6.47. The summed E-state index contributed by atoms with van der Waals surface area (Å²) in [5, 5.41) is 0.415. The summed E-state index contributed by atoms with van der Waals surface area (Å²) in [7, 11) is 3.09. The molecule has 2 N–H and O–H groups in total. The van der Waals surface area contributed by atoms with Crippen LogP contribution in [0.2, 0.25) is 0 Å². The second kappa shape index (κ2) is 8.73. The Balaban J connectivity index is 1.91. The molecule has 0 fully saturated rings. The van der Waals surface area contributed by atoms with Crippen LogP contribution >= 0.6 is 0 Å². The molecule has 0 aliphatic heterocycles. The zero-order valence-electron chi connectivity index (χ0n) is 15.8. The predicted molar refractivity (Wildman–Crippen MR) is 108 cm³/mol. The average Bonchev–Trinajstić information content (AvgIpc) is 2.70. The third-order valence-corrected chi connectivity index (χ3v) is 4.63. The number of methoxy groups -OCH3 is 2. The summed E-state index contributed by atoms with van der Waals surface area (Å²) in [5.41, 5.74) is 7.96. The van der Waals surface area contributed by atoms with Gasteiger partial charge in [0.05, 0.1) is 14.2 Å². The first-order chi connectivity index (χ1) is 13.2. The Morgan fingerprint density at radius 1 is 0.963 bits per heavy atom. The molecule has 3 rings (SSSR count). The summed E-state index contributed by atoms with van der Waals surface area (Å²) in [5.74, 6) is 1.54. The van der Waals surface area contributed by atoms with Gasteiger partial charge in [0.25, 0.3) is 0 Å². The van der Waals surface area contributed by atoms with Gasteiger partial charge in [-0.05, 0) is 31.4 Å². The van der Waals surface area contributed by atoms with Crippen LogP contribution in [-0.2, 0) is 6.42 Å². The number of rotatable bonds is 8. The molecule has 0 saturated carbocycles. The van der Waals surface area contributed by atoms with E-state index in [9.17, 15) is 4.79 Å². The fraction of sp³-hybridized carbons (Fsp3) is 0.318. The molecule has 1 heterocycles. The van der Waals surface area contributed by atoms with E-state index in [1.165, 1.54) is 18.7 Å². The van der Waals surface area contributed by atoms with Crippen molar-refractivity contribution in [3.05, 3.63) is 58.3 Å². The lowest BCUT2D eigenvalue weighted by atomic mass is 10.0. The summed E-state index contributed by atoms with van der Waals surface area (Å²) in [6.07, 6.45) is 4.35. The van der Waals surface area contributed by atoms with Gasteiger partial charge in [-0.3, -0.25) is 4.79 Å². The minimum atomic E-state index is -0.142. The number of nitrogens with two attached hydrogens (primary N) is 1. The van der Waals surface area contributed by atoms with Gasteiger partial charge < -0.3 is 19.6 Å². The molecule has 5 heteroatoms. The van der Waals surface area contributed by atoms with E-state index >= 15 is 0 Å². The highest BCUT2D eigenvalue weighted by atomic mass is 16.5. The molecule has 2 aromatic carbocycles. The average molecular weight is 367 g/mol. The minimum Gasteiger partial charge on any atom is -0.496 e. The molecule has 0 saturated heterocycles. The first-order valence-electron chi connectivity index (χ1n) is 9.15.